The van der Waals surface area contributed by atoms with Crippen LogP contribution in [0.15, 0.2) is 36.4 Å². The molecule has 104 valence electrons. The van der Waals surface area contributed by atoms with Crippen molar-refractivity contribution < 1.29 is 23.1 Å². The van der Waals surface area contributed by atoms with Crippen molar-refractivity contribution in [3.8, 4) is 0 Å². The zero-order valence-corrected chi connectivity index (χ0v) is 10.1. The Hall–Kier alpha value is -1.82. The van der Waals surface area contributed by atoms with E-state index in [1.807, 2.05) is 30.3 Å². The molecule has 1 rings (SSSR count). The number of benzene rings is 1. The molecule has 0 aliphatic rings. The molecular formula is C13H14F3NO2. The van der Waals surface area contributed by atoms with E-state index in [1.54, 1.807) is 6.08 Å². The second-order valence-corrected chi connectivity index (χ2v) is 3.99. The largest absolute Gasteiger partial charge is 0.480 e. The van der Waals surface area contributed by atoms with Crippen molar-refractivity contribution in [2.45, 2.75) is 6.18 Å². The van der Waals surface area contributed by atoms with Crippen LogP contribution in [0.5, 0.6) is 0 Å². The summed E-state index contributed by atoms with van der Waals surface area (Å²) in [5, 5.41) is 8.56. The first kappa shape index (κ1) is 15.2. The Kier molecular flexibility index (Phi) is 5.57. The summed E-state index contributed by atoms with van der Waals surface area (Å²) in [7, 11) is 0. The maximum atomic E-state index is 12.2. The first-order chi connectivity index (χ1) is 8.87. The number of hydrogen-bond acceptors (Lipinski definition) is 2. The molecule has 1 N–H and O–H groups in total. The molecule has 0 spiro atoms. The van der Waals surface area contributed by atoms with Crippen LogP contribution in [0.3, 0.4) is 0 Å². The van der Waals surface area contributed by atoms with E-state index in [-0.39, 0.29) is 6.54 Å². The minimum Gasteiger partial charge on any atom is -0.480 e. The van der Waals surface area contributed by atoms with Crippen LogP contribution >= 0.6 is 0 Å². The Balaban J connectivity index is 2.57. The van der Waals surface area contributed by atoms with Gasteiger partial charge in [0, 0.05) is 6.54 Å². The fraction of sp³-hybridized carbons (Fsp3) is 0.308. The Morgan fingerprint density at radius 1 is 1.26 bits per heavy atom. The van der Waals surface area contributed by atoms with Crippen LogP contribution in [-0.4, -0.2) is 41.8 Å². The highest BCUT2D eigenvalue weighted by Gasteiger charge is 2.30. The summed E-state index contributed by atoms with van der Waals surface area (Å²) in [4.78, 5) is 11.3. The number of hydrogen-bond donors (Lipinski definition) is 1. The van der Waals surface area contributed by atoms with Gasteiger partial charge < -0.3 is 5.11 Å². The lowest BCUT2D eigenvalue weighted by Crippen LogP contribution is -2.37. The van der Waals surface area contributed by atoms with Crippen molar-refractivity contribution in [3.05, 3.63) is 42.0 Å². The lowest BCUT2D eigenvalue weighted by Gasteiger charge is -2.19. The van der Waals surface area contributed by atoms with Gasteiger partial charge in [-0.25, -0.2) is 0 Å². The summed E-state index contributed by atoms with van der Waals surface area (Å²) in [5.41, 5.74) is 0.852. The van der Waals surface area contributed by atoms with Crippen molar-refractivity contribution in [1.82, 2.24) is 4.90 Å². The minimum absolute atomic E-state index is 0.0687. The van der Waals surface area contributed by atoms with Gasteiger partial charge in [-0.1, -0.05) is 42.5 Å². The van der Waals surface area contributed by atoms with Gasteiger partial charge in [0.1, 0.15) is 0 Å². The number of carboxylic acid groups (broad SMARTS) is 1. The number of alkyl halides is 3. The van der Waals surface area contributed by atoms with Crippen molar-refractivity contribution in [2.24, 2.45) is 0 Å². The van der Waals surface area contributed by atoms with Crippen LogP contribution in [0, 0.1) is 0 Å². The molecule has 0 amide bonds. The predicted octanol–water partition coefficient (Wildman–Crippen LogP) is 2.65. The van der Waals surface area contributed by atoms with E-state index >= 15 is 0 Å². The first-order valence-electron chi connectivity index (χ1n) is 5.59. The van der Waals surface area contributed by atoms with Gasteiger partial charge in [0.15, 0.2) is 0 Å². The molecule has 0 fully saturated rings. The number of carboxylic acids is 1. The Bertz CT molecular complexity index is 429. The second kappa shape index (κ2) is 6.94. The molecule has 0 unspecified atom stereocenters. The maximum absolute atomic E-state index is 12.2. The highest BCUT2D eigenvalue weighted by atomic mass is 19.4. The number of carbonyl (C=O) groups is 1. The number of aliphatic carboxylic acids is 1. The highest BCUT2D eigenvalue weighted by molar-refractivity contribution is 5.69. The van der Waals surface area contributed by atoms with Crippen molar-refractivity contribution in [1.29, 1.82) is 0 Å². The zero-order chi connectivity index (χ0) is 14.3. The van der Waals surface area contributed by atoms with Gasteiger partial charge in [-0.3, -0.25) is 9.69 Å². The van der Waals surface area contributed by atoms with Gasteiger partial charge in [0.2, 0.25) is 0 Å². The smallest absolute Gasteiger partial charge is 0.401 e. The van der Waals surface area contributed by atoms with E-state index in [1.165, 1.54) is 6.08 Å². The van der Waals surface area contributed by atoms with Gasteiger partial charge in [-0.2, -0.15) is 13.2 Å². The van der Waals surface area contributed by atoms with Gasteiger partial charge in [0.05, 0.1) is 13.1 Å². The zero-order valence-electron chi connectivity index (χ0n) is 10.1. The number of rotatable bonds is 6. The maximum Gasteiger partial charge on any atom is 0.401 e. The molecule has 0 aliphatic heterocycles. The Labute approximate surface area is 109 Å². The second-order valence-electron chi connectivity index (χ2n) is 3.99. The van der Waals surface area contributed by atoms with Crippen LogP contribution in [0.2, 0.25) is 0 Å². The molecule has 19 heavy (non-hydrogen) atoms. The lowest BCUT2D eigenvalue weighted by molar-refractivity contribution is -0.152. The molecule has 0 aliphatic carbocycles. The van der Waals surface area contributed by atoms with Gasteiger partial charge in [-0.15, -0.1) is 0 Å². The van der Waals surface area contributed by atoms with Crippen molar-refractivity contribution >= 4 is 12.0 Å². The summed E-state index contributed by atoms with van der Waals surface area (Å²) in [6.45, 7) is -1.95. The van der Waals surface area contributed by atoms with E-state index in [9.17, 15) is 18.0 Å². The summed E-state index contributed by atoms with van der Waals surface area (Å²) in [5.74, 6) is -1.28. The average molecular weight is 273 g/mol. The Morgan fingerprint density at radius 2 is 1.89 bits per heavy atom. The fourth-order valence-corrected chi connectivity index (χ4v) is 1.53. The van der Waals surface area contributed by atoms with Crippen LogP contribution in [-0.2, 0) is 4.79 Å². The average Bonchev–Trinajstić information content (AvgIpc) is 2.27. The third kappa shape index (κ3) is 7.25. The molecule has 0 heterocycles. The van der Waals surface area contributed by atoms with E-state index in [4.69, 9.17) is 5.11 Å². The van der Waals surface area contributed by atoms with Crippen LogP contribution in [0.1, 0.15) is 5.56 Å². The quantitative estimate of drug-likeness (QED) is 0.866. The first-order valence-corrected chi connectivity index (χ1v) is 5.59. The molecule has 1 aromatic rings. The third-order valence-corrected chi connectivity index (χ3v) is 2.24. The highest BCUT2D eigenvalue weighted by Crippen LogP contribution is 2.16. The van der Waals surface area contributed by atoms with Gasteiger partial charge >= 0.3 is 12.1 Å². The SMILES string of the molecule is O=C(O)CN(CC=Cc1ccccc1)CC(F)(F)F. The third-order valence-electron chi connectivity index (χ3n) is 2.24. The molecule has 3 nitrogen and oxygen atoms in total. The summed E-state index contributed by atoms with van der Waals surface area (Å²) >= 11 is 0. The molecule has 0 saturated heterocycles. The normalized spacial score (nSPS) is 12.2. The summed E-state index contributed by atoms with van der Waals surface area (Å²) in [6.07, 6.45) is -1.23. The Morgan fingerprint density at radius 3 is 2.42 bits per heavy atom. The van der Waals surface area contributed by atoms with E-state index in [2.05, 4.69) is 0 Å². The molecule has 6 heteroatoms. The van der Waals surface area contributed by atoms with Gasteiger partial charge in [0.25, 0.3) is 0 Å². The van der Waals surface area contributed by atoms with E-state index < -0.39 is 25.2 Å². The molecule has 0 bridgehead atoms. The summed E-state index contributed by atoms with van der Waals surface area (Å²) < 4.78 is 36.7. The topological polar surface area (TPSA) is 40.5 Å². The predicted molar refractivity (Wildman–Crippen MR) is 65.6 cm³/mol. The van der Waals surface area contributed by atoms with Crippen LogP contribution < -0.4 is 0 Å². The monoisotopic (exact) mass is 273 g/mol. The molecule has 0 atom stereocenters. The number of halogens is 3. The van der Waals surface area contributed by atoms with E-state index in [0.29, 0.717) is 0 Å². The minimum atomic E-state index is -4.41. The van der Waals surface area contributed by atoms with Crippen molar-refractivity contribution in [3.63, 3.8) is 0 Å². The summed E-state index contributed by atoms with van der Waals surface area (Å²) in [6, 6.07) is 9.07. The van der Waals surface area contributed by atoms with Crippen LogP contribution in [0.4, 0.5) is 13.2 Å². The molecule has 0 radical (unpaired) electrons. The van der Waals surface area contributed by atoms with Crippen LogP contribution in [0.25, 0.3) is 6.08 Å². The van der Waals surface area contributed by atoms with E-state index in [0.717, 1.165) is 10.5 Å². The molecule has 0 aromatic heterocycles. The number of nitrogens with zero attached hydrogens (tertiary/aromatic N) is 1. The van der Waals surface area contributed by atoms with Crippen molar-refractivity contribution in [2.75, 3.05) is 19.6 Å². The molecule has 1 aromatic carbocycles. The molecule has 0 saturated carbocycles. The lowest BCUT2D eigenvalue weighted by atomic mass is 10.2. The van der Waals surface area contributed by atoms with Gasteiger partial charge in [-0.05, 0) is 5.56 Å². The fourth-order valence-electron chi connectivity index (χ4n) is 1.53. The standard InChI is InChI=1S/C13H14F3NO2/c14-13(15,16)10-17(9-12(18)19)8-4-7-11-5-2-1-3-6-11/h1-7H,8-10H2,(H,18,19). The molecular weight excluding hydrogens is 259 g/mol.